The van der Waals surface area contributed by atoms with Crippen LogP contribution >= 0.6 is 0 Å². The van der Waals surface area contributed by atoms with Gasteiger partial charge in [-0.15, -0.1) is 0 Å². The van der Waals surface area contributed by atoms with Gasteiger partial charge < -0.3 is 19.1 Å². The maximum absolute atomic E-state index is 8.36. The van der Waals surface area contributed by atoms with Crippen LogP contribution in [0.1, 0.15) is 19.8 Å². The zero-order valence-electron chi connectivity index (χ0n) is 10.4. The molecule has 1 atom stereocenters. The molecule has 0 radical (unpaired) electrons. The third-order valence-electron chi connectivity index (χ3n) is 1.87. The first kappa shape index (κ1) is 15.9. The Balaban J connectivity index is 3.65. The Morgan fingerprint density at radius 2 is 1.94 bits per heavy atom. The summed E-state index contributed by atoms with van der Waals surface area (Å²) in [7, 11) is 0. The molecule has 0 fully saturated rings. The Hall–Kier alpha value is -1.14. The first-order valence-corrected chi connectivity index (χ1v) is 5.82. The number of hydrogen-bond donors (Lipinski definition) is 0. The average Bonchev–Trinajstić information content (AvgIpc) is 2.35. The predicted molar refractivity (Wildman–Crippen MR) is 63.4 cm³/mol. The summed E-state index contributed by atoms with van der Waals surface area (Å²) in [4.78, 5) is 3.20. The molecule has 0 amide bonds. The van der Waals surface area contributed by atoms with Crippen LogP contribution in [0.2, 0.25) is 0 Å². The monoisotopic (exact) mass is 240 g/mol. The Labute approximate surface area is 103 Å². The Morgan fingerprint density at radius 1 is 1.24 bits per heavy atom. The summed E-state index contributed by atoms with van der Waals surface area (Å²) in [5.41, 5.74) is 0. The van der Waals surface area contributed by atoms with Gasteiger partial charge >= 0.3 is 0 Å². The topological polar surface area (TPSA) is 55.8 Å². The van der Waals surface area contributed by atoms with E-state index in [9.17, 15) is 0 Å². The van der Waals surface area contributed by atoms with Crippen molar-refractivity contribution in [2.45, 2.75) is 25.9 Å². The highest BCUT2D eigenvalue weighted by Crippen LogP contribution is 1.97. The molecule has 0 aromatic heterocycles. The molecular formula is C12H20N2O3. The van der Waals surface area contributed by atoms with Crippen molar-refractivity contribution in [3.63, 3.8) is 0 Å². The molecule has 0 spiro atoms. The lowest BCUT2D eigenvalue weighted by Crippen LogP contribution is -2.27. The summed E-state index contributed by atoms with van der Waals surface area (Å²) in [6.45, 7) is 11.4. The van der Waals surface area contributed by atoms with Crippen molar-refractivity contribution in [2.24, 2.45) is 0 Å². The molecule has 0 aromatic rings. The molecule has 0 aliphatic carbocycles. The van der Waals surface area contributed by atoms with E-state index in [1.54, 1.807) is 0 Å². The molecule has 0 heterocycles. The highest BCUT2D eigenvalue weighted by Gasteiger charge is 2.09. The third kappa shape index (κ3) is 11.1. The molecule has 1 unspecified atom stereocenters. The molecule has 0 N–H and O–H groups in total. The van der Waals surface area contributed by atoms with Gasteiger partial charge in [0.2, 0.25) is 6.54 Å². The van der Waals surface area contributed by atoms with Crippen molar-refractivity contribution in [3.05, 3.63) is 11.4 Å². The fourth-order valence-electron chi connectivity index (χ4n) is 1.09. The van der Waals surface area contributed by atoms with Gasteiger partial charge in [-0.05, 0) is 6.42 Å². The van der Waals surface area contributed by atoms with E-state index in [1.165, 1.54) is 0 Å². The summed E-state index contributed by atoms with van der Waals surface area (Å²) < 4.78 is 16.2. The van der Waals surface area contributed by atoms with Gasteiger partial charge in [0.05, 0.1) is 32.3 Å². The lowest BCUT2D eigenvalue weighted by atomic mass is 10.4. The van der Waals surface area contributed by atoms with E-state index in [-0.39, 0.29) is 6.10 Å². The van der Waals surface area contributed by atoms with Gasteiger partial charge in [0.15, 0.2) is 0 Å². The third-order valence-corrected chi connectivity index (χ3v) is 1.87. The van der Waals surface area contributed by atoms with Crippen LogP contribution in [0.5, 0.6) is 0 Å². The molecule has 0 saturated heterocycles. The maximum atomic E-state index is 8.36. The number of ether oxygens (including phenoxy) is 3. The molecule has 96 valence electrons. The molecule has 5 heteroatoms. The number of nitrogens with zero attached hydrogens (tertiary/aromatic N) is 2. The lowest BCUT2D eigenvalue weighted by molar-refractivity contribution is -0.0573. The Bertz CT molecular complexity index is 223. The van der Waals surface area contributed by atoms with Crippen LogP contribution in [-0.4, -0.2) is 45.7 Å². The molecule has 0 saturated carbocycles. The normalized spacial score (nSPS) is 11.7. The van der Waals surface area contributed by atoms with Gasteiger partial charge in [0.1, 0.15) is 12.7 Å². The van der Waals surface area contributed by atoms with Gasteiger partial charge in [0.25, 0.3) is 0 Å². The highest BCUT2D eigenvalue weighted by molar-refractivity contribution is 4.67. The molecule has 0 aliphatic heterocycles. The first-order chi connectivity index (χ1) is 8.35. The predicted octanol–water partition coefficient (Wildman–Crippen LogP) is 1.65. The fourth-order valence-corrected chi connectivity index (χ4v) is 1.09. The van der Waals surface area contributed by atoms with Crippen LogP contribution in [0.4, 0.5) is 0 Å². The fraction of sp³-hybridized carbons (Fsp3) is 0.833. The SMILES string of the molecule is [C-]#[N+]CCOCC(COCCC#N)OCCC. The smallest absolute Gasteiger partial charge is 0.237 e. The van der Waals surface area contributed by atoms with E-state index in [2.05, 4.69) is 4.85 Å². The summed E-state index contributed by atoms with van der Waals surface area (Å²) >= 11 is 0. The van der Waals surface area contributed by atoms with Crippen molar-refractivity contribution in [1.82, 2.24) is 0 Å². The molecule has 17 heavy (non-hydrogen) atoms. The molecule has 0 aromatic carbocycles. The second kappa shape index (κ2) is 12.9. The minimum atomic E-state index is -0.112. The van der Waals surface area contributed by atoms with E-state index >= 15 is 0 Å². The van der Waals surface area contributed by atoms with E-state index in [0.29, 0.717) is 46.0 Å². The van der Waals surface area contributed by atoms with Crippen molar-refractivity contribution < 1.29 is 14.2 Å². The quantitative estimate of drug-likeness (QED) is 0.407. The second-order valence-electron chi connectivity index (χ2n) is 3.43. The zero-order valence-corrected chi connectivity index (χ0v) is 10.4. The standard InChI is InChI=1S/C12H20N2O3/c1-3-7-17-12(10-15-8-4-5-13)11-16-9-6-14-2/h12H,3-4,6-11H2,1H3. The summed E-state index contributed by atoms with van der Waals surface area (Å²) in [5, 5.41) is 8.36. The largest absolute Gasteiger partial charge is 0.378 e. The summed E-state index contributed by atoms with van der Waals surface area (Å²) in [6, 6.07) is 2.01. The maximum Gasteiger partial charge on any atom is 0.237 e. The second-order valence-corrected chi connectivity index (χ2v) is 3.43. The minimum absolute atomic E-state index is 0.112. The summed E-state index contributed by atoms with van der Waals surface area (Å²) in [6.07, 6.45) is 1.22. The van der Waals surface area contributed by atoms with E-state index in [0.717, 1.165) is 6.42 Å². The van der Waals surface area contributed by atoms with Crippen LogP contribution < -0.4 is 0 Å². The summed E-state index contributed by atoms with van der Waals surface area (Å²) in [5.74, 6) is 0. The molecule has 5 nitrogen and oxygen atoms in total. The number of nitriles is 1. The average molecular weight is 240 g/mol. The van der Waals surface area contributed by atoms with Crippen LogP contribution in [0, 0.1) is 17.9 Å². The van der Waals surface area contributed by atoms with Crippen LogP contribution in [-0.2, 0) is 14.2 Å². The zero-order chi connectivity index (χ0) is 12.8. The lowest BCUT2D eigenvalue weighted by Gasteiger charge is -2.17. The molecule has 0 rings (SSSR count). The van der Waals surface area contributed by atoms with E-state index < -0.39 is 0 Å². The van der Waals surface area contributed by atoms with Gasteiger partial charge in [0, 0.05) is 6.61 Å². The number of hydrogen-bond acceptors (Lipinski definition) is 4. The molecular weight excluding hydrogens is 220 g/mol. The Kier molecular flexibility index (Phi) is 12.1. The minimum Gasteiger partial charge on any atom is -0.378 e. The van der Waals surface area contributed by atoms with Gasteiger partial charge in [-0.3, -0.25) is 0 Å². The van der Waals surface area contributed by atoms with Gasteiger partial charge in [-0.25, -0.2) is 6.57 Å². The first-order valence-electron chi connectivity index (χ1n) is 5.82. The van der Waals surface area contributed by atoms with Crippen LogP contribution in [0.3, 0.4) is 0 Å². The van der Waals surface area contributed by atoms with Crippen LogP contribution in [0.25, 0.3) is 4.85 Å². The van der Waals surface area contributed by atoms with E-state index in [1.807, 2.05) is 13.0 Å². The highest BCUT2D eigenvalue weighted by atomic mass is 16.6. The van der Waals surface area contributed by atoms with Crippen LogP contribution in [0.15, 0.2) is 0 Å². The van der Waals surface area contributed by atoms with Crippen molar-refractivity contribution in [2.75, 3.05) is 39.6 Å². The van der Waals surface area contributed by atoms with Crippen molar-refractivity contribution in [1.29, 1.82) is 5.26 Å². The van der Waals surface area contributed by atoms with Gasteiger partial charge in [-0.1, -0.05) is 6.92 Å². The van der Waals surface area contributed by atoms with Crippen molar-refractivity contribution in [3.8, 4) is 6.07 Å². The molecule has 0 bridgehead atoms. The molecule has 0 aliphatic rings. The van der Waals surface area contributed by atoms with Crippen molar-refractivity contribution >= 4 is 0 Å². The Morgan fingerprint density at radius 3 is 2.53 bits per heavy atom. The number of rotatable bonds is 11. The van der Waals surface area contributed by atoms with Gasteiger partial charge in [-0.2, -0.15) is 5.26 Å². The van der Waals surface area contributed by atoms with E-state index in [4.69, 9.17) is 26.0 Å².